The maximum Gasteiger partial charge on any atom is 0.306 e. The second-order valence-electron chi connectivity index (χ2n) is 17.4. The summed E-state index contributed by atoms with van der Waals surface area (Å²) in [5, 5.41) is 0. The van der Waals surface area contributed by atoms with Gasteiger partial charge in [0.25, 0.3) is 0 Å². The van der Waals surface area contributed by atoms with Crippen molar-refractivity contribution in [1.29, 1.82) is 0 Å². The fraction of sp³-hybridized carbons (Fsp3) is 0.623. The van der Waals surface area contributed by atoms with Gasteiger partial charge in [-0.3, -0.25) is 14.4 Å². The van der Waals surface area contributed by atoms with Crippen LogP contribution in [0, 0.1) is 0 Å². The highest BCUT2D eigenvalue weighted by atomic mass is 16.6. The SMILES string of the molecule is CC/C=C\C/C=C\C/C=C\C/C=C\C/C=C\C/C=C\CCC(=O)O[C@H](COC(=O)CCCCCC/C=C\C/C=C\C/C=C\CCCCC)COC(=O)CCCCCCC/C=C\CCCCCC. The molecule has 0 unspecified atom stereocenters. The highest BCUT2D eigenvalue weighted by Gasteiger charge is 2.19. The Morgan fingerprint density at radius 2 is 0.612 bits per heavy atom. The smallest absolute Gasteiger partial charge is 0.306 e. The van der Waals surface area contributed by atoms with Crippen LogP contribution in [0.4, 0.5) is 0 Å². The molecule has 0 aromatic carbocycles. The highest BCUT2D eigenvalue weighted by Crippen LogP contribution is 2.12. The summed E-state index contributed by atoms with van der Waals surface area (Å²) < 4.78 is 16.7. The lowest BCUT2D eigenvalue weighted by atomic mass is 10.1. The normalized spacial score (nSPS) is 13.1. The molecule has 0 N–H and O–H groups in total. The molecule has 0 radical (unpaired) electrons. The summed E-state index contributed by atoms with van der Waals surface area (Å²) in [6, 6.07) is 0. The number of hydrogen-bond acceptors (Lipinski definition) is 6. The highest BCUT2D eigenvalue weighted by molar-refractivity contribution is 5.71. The second-order valence-corrected chi connectivity index (χ2v) is 17.4. The molecule has 0 aliphatic heterocycles. The van der Waals surface area contributed by atoms with Crippen molar-refractivity contribution < 1.29 is 28.6 Å². The van der Waals surface area contributed by atoms with Gasteiger partial charge in [0.1, 0.15) is 13.2 Å². The molecule has 0 fully saturated rings. The van der Waals surface area contributed by atoms with Gasteiger partial charge >= 0.3 is 17.9 Å². The van der Waals surface area contributed by atoms with E-state index in [0.717, 1.165) is 116 Å². The summed E-state index contributed by atoms with van der Waals surface area (Å²) in [5.41, 5.74) is 0. The van der Waals surface area contributed by atoms with Gasteiger partial charge < -0.3 is 14.2 Å². The van der Waals surface area contributed by atoms with E-state index >= 15 is 0 Å². The van der Waals surface area contributed by atoms with Crippen LogP contribution < -0.4 is 0 Å². The molecule has 1 atom stereocenters. The molecule has 0 bridgehead atoms. The van der Waals surface area contributed by atoms with Gasteiger partial charge in [0.05, 0.1) is 0 Å². The van der Waals surface area contributed by atoms with Crippen LogP contribution in [0.2, 0.25) is 0 Å². The van der Waals surface area contributed by atoms with Crippen LogP contribution in [0.15, 0.2) is 122 Å². The largest absolute Gasteiger partial charge is 0.462 e. The molecule has 0 saturated heterocycles. The minimum atomic E-state index is -0.834. The first kappa shape index (κ1) is 62.8. The van der Waals surface area contributed by atoms with E-state index < -0.39 is 12.1 Å². The molecule has 0 amide bonds. The summed E-state index contributed by atoms with van der Waals surface area (Å²) in [7, 11) is 0. The molecule has 0 aromatic rings. The summed E-state index contributed by atoms with van der Waals surface area (Å²) in [5.74, 6) is -1.04. The van der Waals surface area contributed by atoms with Crippen molar-refractivity contribution in [2.45, 2.75) is 232 Å². The van der Waals surface area contributed by atoms with Crippen molar-refractivity contribution in [2.24, 2.45) is 0 Å². The molecule has 0 heterocycles. The summed E-state index contributed by atoms with van der Waals surface area (Å²) >= 11 is 0. The Hall–Kier alpha value is -4.19. The Bertz CT molecular complexity index is 1440. The average molecular weight is 927 g/mol. The molecule has 0 aliphatic carbocycles. The molecule has 6 heteroatoms. The van der Waals surface area contributed by atoms with Crippen molar-refractivity contribution in [2.75, 3.05) is 13.2 Å². The van der Waals surface area contributed by atoms with Gasteiger partial charge in [0, 0.05) is 19.3 Å². The van der Waals surface area contributed by atoms with Crippen molar-refractivity contribution in [1.82, 2.24) is 0 Å². The van der Waals surface area contributed by atoms with E-state index in [1.807, 2.05) is 12.2 Å². The summed E-state index contributed by atoms with van der Waals surface area (Å²) in [4.78, 5) is 38.0. The number of carbonyl (C=O) groups excluding carboxylic acids is 3. The standard InChI is InChI=1S/C61H98O6/c1-4-7-10-13-16-19-22-25-27-29-30-32-34-37-40-43-46-49-52-55-61(64)67-58(56-65-59(62)53-50-47-44-41-38-35-24-21-18-15-12-9-6-3)57-66-60(63)54-51-48-45-42-39-36-33-31-28-26-23-20-17-14-11-8-5-2/h7,10,16-17,19-21,24-28,30,32-33,36-37,40,46,49,58H,4-6,8-9,11-15,18,22-23,29,31,34-35,38-39,41-45,47-48,50-57H2,1-3H3/b10-7-,19-16-,20-17-,24-21-,27-25-,28-26-,32-30-,36-33-,40-37-,49-46-/t58-/m0/s1. The van der Waals surface area contributed by atoms with Gasteiger partial charge in [-0.15, -0.1) is 0 Å². The third-order valence-corrected chi connectivity index (χ3v) is 10.9. The molecular formula is C61H98O6. The Balaban J connectivity index is 4.58. The fourth-order valence-corrected chi connectivity index (χ4v) is 6.88. The molecule has 378 valence electrons. The molecule has 0 rings (SSSR count). The monoisotopic (exact) mass is 927 g/mol. The van der Waals surface area contributed by atoms with E-state index in [-0.39, 0.29) is 31.6 Å². The fourth-order valence-electron chi connectivity index (χ4n) is 6.88. The average Bonchev–Trinajstić information content (AvgIpc) is 3.33. The Labute approximate surface area is 412 Å². The number of unbranched alkanes of at least 4 members (excludes halogenated alkanes) is 16. The predicted molar refractivity (Wildman–Crippen MR) is 288 cm³/mol. The van der Waals surface area contributed by atoms with Gasteiger partial charge in [-0.1, -0.05) is 206 Å². The minimum Gasteiger partial charge on any atom is -0.462 e. The van der Waals surface area contributed by atoms with E-state index in [2.05, 4.69) is 130 Å². The predicted octanol–water partition coefficient (Wildman–Crippen LogP) is 18.1. The topological polar surface area (TPSA) is 78.9 Å². The Morgan fingerprint density at radius 1 is 0.313 bits per heavy atom. The molecular weight excluding hydrogens is 829 g/mol. The lowest BCUT2D eigenvalue weighted by Crippen LogP contribution is -2.30. The second kappa shape index (κ2) is 54.4. The maximum absolute atomic E-state index is 12.8. The number of allylic oxidation sites excluding steroid dienone is 20. The van der Waals surface area contributed by atoms with E-state index in [4.69, 9.17) is 14.2 Å². The van der Waals surface area contributed by atoms with Crippen LogP contribution in [0.5, 0.6) is 0 Å². The van der Waals surface area contributed by atoms with Crippen LogP contribution in [-0.2, 0) is 28.6 Å². The molecule has 67 heavy (non-hydrogen) atoms. The van der Waals surface area contributed by atoms with Gasteiger partial charge in [-0.25, -0.2) is 0 Å². The third-order valence-electron chi connectivity index (χ3n) is 10.9. The lowest BCUT2D eigenvalue weighted by molar-refractivity contribution is -0.166. The number of carbonyl (C=O) groups is 3. The van der Waals surface area contributed by atoms with Crippen LogP contribution in [0.25, 0.3) is 0 Å². The van der Waals surface area contributed by atoms with E-state index in [9.17, 15) is 14.4 Å². The number of ether oxygens (including phenoxy) is 3. The van der Waals surface area contributed by atoms with Crippen LogP contribution in [-0.4, -0.2) is 37.2 Å². The quantitative estimate of drug-likeness (QED) is 0.0262. The molecule has 0 saturated carbocycles. The van der Waals surface area contributed by atoms with E-state index in [1.165, 1.54) is 64.2 Å². The number of hydrogen-bond donors (Lipinski definition) is 0. The first-order chi connectivity index (χ1) is 33.0. The van der Waals surface area contributed by atoms with E-state index in [0.29, 0.717) is 19.3 Å². The summed E-state index contributed by atoms with van der Waals surface area (Å²) in [6.45, 7) is 6.38. The number of rotatable bonds is 47. The first-order valence-electron chi connectivity index (χ1n) is 27.0. The van der Waals surface area contributed by atoms with Crippen molar-refractivity contribution >= 4 is 17.9 Å². The van der Waals surface area contributed by atoms with Crippen molar-refractivity contribution in [3.8, 4) is 0 Å². The van der Waals surface area contributed by atoms with Gasteiger partial charge in [-0.05, 0) is 122 Å². The van der Waals surface area contributed by atoms with Crippen LogP contribution in [0.1, 0.15) is 226 Å². The first-order valence-corrected chi connectivity index (χ1v) is 27.0. The number of esters is 3. The molecule has 0 aromatic heterocycles. The lowest BCUT2D eigenvalue weighted by Gasteiger charge is -2.18. The molecule has 0 aliphatic rings. The van der Waals surface area contributed by atoms with Gasteiger partial charge in [0.15, 0.2) is 6.10 Å². The van der Waals surface area contributed by atoms with Crippen LogP contribution >= 0.6 is 0 Å². The summed E-state index contributed by atoms with van der Waals surface area (Å²) in [6.07, 6.45) is 74.8. The minimum absolute atomic E-state index is 0.123. The maximum atomic E-state index is 12.8. The zero-order valence-electron chi connectivity index (χ0n) is 43.1. The Morgan fingerprint density at radius 3 is 1.01 bits per heavy atom. The van der Waals surface area contributed by atoms with Crippen LogP contribution in [0.3, 0.4) is 0 Å². The Kier molecular flexibility index (Phi) is 51.0. The van der Waals surface area contributed by atoms with E-state index in [1.54, 1.807) is 0 Å². The van der Waals surface area contributed by atoms with Crippen molar-refractivity contribution in [3.05, 3.63) is 122 Å². The molecule has 0 spiro atoms. The molecule has 6 nitrogen and oxygen atoms in total. The zero-order chi connectivity index (χ0) is 48.6. The van der Waals surface area contributed by atoms with Gasteiger partial charge in [0.2, 0.25) is 0 Å². The van der Waals surface area contributed by atoms with Crippen molar-refractivity contribution in [3.63, 3.8) is 0 Å². The zero-order valence-corrected chi connectivity index (χ0v) is 43.1. The third kappa shape index (κ3) is 52.6. The van der Waals surface area contributed by atoms with Gasteiger partial charge in [-0.2, -0.15) is 0 Å².